The van der Waals surface area contributed by atoms with E-state index in [-0.39, 0.29) is 0 Å². The van der Waals surface area contributed by atoms with Crippen molar-refractivity contribution in [3.63, 3.8) is 0 Å². The molecule has 2 aliphatic rings. The smallest absolute Gasteiger partial charge is 0.00762 e. The Kier molecular flexibility index (Phi) is 2.10. The minimum Gasteiger partial charge on any atom is -0.302 e. The first-order valence-corrected chi connectivity index (χ1v) is 6.09. The highest BCUT2D eigenvalue weighted by Gasteiger charge is 2.35. The molecule has 1 heteroatoms. The molecular formula is C14H19N. The highest BCUT2D eigenvalue weighted by atomic mass is 15.1. The molecule has 2 heterocycles. The third-order valence-electron chi connectivity index (χ3n) is 4.14. The molecule has 1 aromatic carbocycles. The Balaban J connectivity index is 2.10. The molecule has 3 rings (SSSR count). The molecule has 15 heavy (non-hydrogen) atoms. The van der Waals surface area contributed by atoms with Gasteiger partial charge in [0.25, 0.3) is 0 Å². The summed E-state index contributed by atoms with van der Waals surface area (Å²) >= 11 is 0. The van der Waals surface area contributed by atoms with E-state index in [0.29, 0.717) is 5.41 Å². The fraction of sp³-hybridized carbons (Fsp3) is 0.571. The lowest BCUT2D eigenvalue weighted by atomic mass is 9.75. The van der Waals surface area contributed by atoms with Crippen LogP contribution in [0.25, 0.3) is 0 Å². The van der Waals surface area contributed by atoms with E-state index in [9.17, 15) is 0 Å². The summed E-state index contributed by atoms with van der Waals surface area (Å²) in [5, 5.41) is 0. The number of nitrogens with zero attached hydrogens (tertiary/aromatic N) is 1. The zero-order chi connectivity index (χ0) is 10.3. The Bertz CT molecular complexity index is 371. The predicted octanol–water partition coefficient (Wildman–Crippen LogP) is 2.60. The third kappa shape index (κ3) is 1.50. The Morgan fingerprint density at radius 3 is 3.00 bits per heavy atom. The quantitative estimate of drug-likeness (QED) is 0.623. The molecule has 0 spiro atoms. The van der Waals surface area contributed by atoms with Crippen LogP contribution in [0.1, 0.15) is 30.9 Å². The molecule has 0 aromatic heterocycles. The van der Waals surface area contributed by atoms with E-state index in [1.807, 2.05) is 0 Å². The standard InChI is InChI=1S/C14H19N/c1-14-8-4-9-15(11-14)10-7-12-5-2-3-6-13(12)14/h2-3,5-6H,4,7-11H2,1H3. The van der Waals surface area contributed by atoms with E-state index < -0.39 is 0 Å². The van der Waals surface area contributed by atoms with Gasteiger partial charge in [-0.15, -0.1) is 0 Å². The molecular weight excluding hydrogens is 182 g/mol. The largest absolute Gasteiger partial charge is 0.302 e. The molecule has 0 amide bonds. The molecule has 1 fully saturated rings. The number of fused-ring (bicyclic) bond motifs is 4. The first kappa shape index (κ1) is 9.41. The van der Waals surface area contributed by atoms with Crippen LogP contribution in [0.3, 0.4) is 0 Å². The van der Waals surface area contributed by atoms with Crippen LogP contribution in [0, 0.1) is 0 Å². The number of hydrogen-bond acceptors (Lipinski definition) is 1. The van der Waals surface area contributed by atoms with Gasteiger partial charge in [-0.05, 0) is 36.9 Å². The van der Waals surface area contributed by atoms with Gasteiger partial charge in [-0.3, -0.25) is 0 Å². The Hall–Kier alpha value is -0.820. The van der Waals surface area contributed by atoms with Crippen LogP contribution < -0.4 is 0 Å². The van der Waals surface area contributed by atoms with Crippen molar-refractivity contribution in [1.82, 2.24) is 4.90 Å². The van der Waals surface area contributed by atoms with Gasteiger partial charge in [0, 0.05) is 18.5 Å². The fourth-order valence-corrected chi connectivity index (χ4v) is 3.36. The van der Waals surface area contributed by atoms with E-state index in [1.165, 1.54) is 38.9 Å². The van der Waals surface area contributed by atoms with Gasteiger partial charge in [-0.2, -0.15) is 0 Å². The van der Waals surface area contributed by atoms with Crippen molar-refractivity contribution in [2.75, 3.05) is 19.6 Å². The van der Waals surface area contributed by atoms with Crippen molar-refractivity contribution in [1.29, 1.82) is 0 Å². The van der Waals surface area contributed by atoms with Crippen molar-refractivity contribution in [3.05, 3.63) is 35.4 Å². The van der Waals surface area contributed by atoms with Gasteiger partial charge in [0.2, 0.25) is 0 Å². The molecule has 1 nitrogen and oxygen atoms in total. The summed E-state index contributed by atoms with van der Waals surface area (Å²) in [4.78, 5) is 2.64. The monoisotopic (exact) mass is 201 g/mol. The van der Waals surface area contributed by atoms with E-state index >= 15 is 0 Å². The summed E-state index contributed by atoms with van der Waals surface area (Å²) in [6.45, 7) is 6.28. The molecule has 0 radical (unpaired) electrons. The summed E-state index contributed by atoms with van der Waals surface area (Å²) < 4.78 is 0. The van der Waals surface area contributed by atoms with E-state index in [0.717, 1.165) is 0 Å². The highest BCUT2D eigenvalue weighted by molar-refractivity contribution is 5.36. The average Bonchev–Trinajstić information content (AvgIpc) is 2.35. The van der Waals surface area contributed by atoms with Crippen molar-refractivity contribution < 1.29 is 0 Å². The van der Waals surface area contributed by atoms with Crippen LogP contribution in [-0.2, 0) is 11.8 Å². The topological polar surface area (TPSA) is 3.24 Å². The first-order valence-electron chi connectivity index (χ1n) is 6.09. The van der Waals surface area contributed by atoms with Crippen LogP contribution in [0.2, 0.25) is 0 Å². The summed E-state index contributed by atoms with van der Waals surface area (Å²) in [6, 6.07) is 9.06. The minimum atomic E-state index is 0.422. The van der Waals surface area contributed by atoms with Crippen LogP contribution in [0.15, 0.2) is 24.3 Å². The number of piperidine rings is 1. The zero-order valence-corrected chi connectivity index (χ0v) is 9.50. The van der Waals surface area contributed by atoms with Crippen LogP contribution in [0.4, 0.5) is 0 Å². The second-order valence-electron chi connectivity index (χ2n) is 5.35. The molecule has 1 saturated heterocycles. The maximum atomic E-state index is 2.64. The van der Waals surface area contributed by atoms with E-state index in [2.05, 4.69) is 36.1 Å². The zero-order valence-electron chi connectivity index (χ0n) is 9.50. The average molecular weight is 201 g/mol. The normalized spacial score (nSPS) is 34.3. The third-order valence-corrected chi connectivity index (χ3v) is 4.14. The molecule has 1 aromatic rings. The maximum absolute atomic E-state index is 2.64. The number of hydrogen-bond donors (Lipinski definition) is 0. The van der Waals surface area contributed by atoms with Crippen molar-refractivity contribution in [3.8, 4) is 0 Å². The Morgan fingerprint density at radius 2 is 2.07 bits per heavy atom. The number of benzene rings is 1. The van der Waals surface area contributed by atoms with Crippen LogP contribution >= 0.6 is 0 Å². The van der Waals surface area contributed by atoms with Gasteiger partial charge in [-0.25, -0.2) is 0 Å². The summed E-state index contributed by atoms with van der Waals surface area (Å²) in [7, 11) is 0. The van der Waals surface area contributed by atoms with Gasteiger partial charge in [0.05, 0.1) is 0 Å². The first-order chi connectivity index (χ1) is 7.28. The second kappa shape index (κ2) is 3.34. The molecule has 2 atom stereocenters. The van der Waals surface area contributed by atoms with Crippen molar-refractivity contribution >= 4 is 0 Å². The molecule has 0 N–H and O–H groups in total. The molecule has 2 bridgehead atoms. The van der Waals surface area contributed by atoms with Crippen molar-refractivity contribution in [2.24, 2.45) is 0 Å². The predicted molar refractivity (Wildman–Crippen MR) is 63.2 cm³/mol. The second-order valence-corrected chi connectivity index (χ2v) is 5.35. The van der Waals surface area contributed by atoms with Crippen LogP contribution in [-0.4, -0.2) is 24.5 Å². The summed E-state index contributed by atoms with van der Waals surface area (Å²) in [6.07, 6.45) is 3.97. The molecule has 0 aliphatic carbocycles. The lowest BCUT2D eigenvalue weighted by Gasteiger charge is -2.39. The summed E-state index contributed by atoms with van der Waals surface area (Å²) in [5.41, 5.74) is 3.63. The Labute approximate surface area is 92.1 Å². The van der Waals surface area contributed by atoms with Gasteiger partial charge < -0.3 is 4.90 Å². The molecule has 2 unspecified atom stereocenters. The molecule has 2 aliphatic heterocycles. The molecule has 0 saturated carbocycles. The maximum Gasteiger partial charge on any atom is 0.00762 e. The van der Waals surface area contributed by atoms with E-state index in [1.54, 1.807) is 11.1 Å². The lowest BCUT2D eigenvalue weighted by Crippen LogP contribution is -2.43. The van der Waals surface area contributed by atoms with Gasteiger partial charge in [0.1, 0.15) is 0 Å². The minimum absolute atomic E-state index is 0.422. The van der Waals surface area contributed by atoms with Gasteiger partial charge >= 0.3 is 0 Å². The summed E-state index contributed by atoms with van der Waals surface area (Å²) in [5.74, 6) is 0. The lowest BCUT2D eigenvalue weighted by molar-refractivity contribution is 0.167. The van der Waals surface area contributed by atoms with E-state index in [4.69, 9.17) is 0 Å². The fourth-order valence-electron chi connectivity index (χ4n) is 3.36. The van der Waals surface area contributed by atoms with Gasteiger partial charge in [-0.1, -0.05) is 31.2 Å². The van der Waals surface area contributed by atoms with Crippen LogP contribution in [0.5, 0.6) is 0 Å². The van der Waals surface area contributed by atoms with Crippen molar-refractivity contribution in [2.45, 2.75) is 31.6 Å². The number of rotatable bonds is 0. The highest BCUT2D eigenvalue weighted by Crippen LogP contribution is 2.37. The molecule has 80 valence electrons. The Morgan fingerprint density at radius 1 is 1.20 bits per heavy atom. The SMILES string of the molecule is CC12CCCN(CCc3ccccc31)C2. The van der Waals surface area contributed by atoms with Gasteiger partial charge in [0.15, 0.2) is 0 Å².